The van der Waals surface area contributed by atoms with Crippen LogP contribution in [-0.2, 0) is 6.42 Å². The topological polar surface area (TPSA) is 38.1 Å². The number of oxazole rings is 1. The van der Waals surface area contributed by atoms with Gasteiger partial charge < -0.3 is 9.73 Å². The summed E-state index contributed by atoms with van der Waals surface area (Å²) in [6, 6.07) is 0.808. The van der Waals surface area contributed by atoms with Crippen molar-refractivity contribution in [2.24, 2.45) is 5.41 Å². The Morgan fingerprint density at radius 2 is 2.24 bits per heavy atom. The van der Waals surface area contributed by atoms with Gasteiger partial charge in [0.1, 0.15) is 5.76 Å². The van der Waals surface area contributed by atoms with Crippen LogP contribution in [0.5, 0.6) is 0 Å². The fraction of sp³-hybridized carbons (Fsp3) is 0.786. The lowest BCUT2D eigenvalue weighted by molar-refractivity contribution is 0.432. The molecule has 3 heteroatoms. The molecule has 3 nitrogen and oxygen atoms in total. The maximum absolute atomic E-state index is 5.83. The van der Waals surface area contributed by atoms with Gasteiger partial charge in [0.15, 0.2) is 5.89 Å². The summed E-state index contributed by atoms with van der Waals surface area (Å²) in [5.74, 6) is 2.62. The van der Waals surface area contributed by atoms with E-state index < -0.39 is 0 Å². The van der Waals surface area contributed by atoms with Gasteiger partial charge in [0, 0.05) is 18.4 Å². The molecular formula is C14H22N2O. The molecule has 0 bridgehead atoms. The van der Waals surface area contributed by atoms with Gasteiger partial charge in [0.05, 0.1) is 6.20 Å². The Morgan fingerprint density at radius 3 is 2.88 bits per heavy atom. The Kier molecular flexibility index (Phi) is 2.74. The Labute approximate surface area is 103 Å². The second kappa shape index (κ2) is 4.13. The van der Waals surface area contributed by atoms with Gasteiger partial charge in [0.25, 0.3) is 0 Å². The first-order valence-electron chi connectivity index (χ1n) is 6.83. The summed E-state index contributed by atoms with van der Waals surface area (Å²) in [4.78, 5) is 4.38. The molecule has 1 atom stereocenters. The number of aryl methyl sites for hydroxylation is 1. The highest BCUT2D eigenvalue weighted by Gasteiger charge is 2.48. The Morgan fingerprint density at radius 1 is 1.47 bits per heavy atom. The second-order valence-electron chi connectivity index (χ2n) is 6.23. The first kappa shape index (κ1) is 11.3. The molecule has 2 fully saturated rings. The highest BCUT2D eigenvalue weighted by atomic mass is 16.4. The van der Waals surface area contributed by atoms with E-state index in [0.29, 0.717) is 11.3 Å². The van der Waals surface area contributed by atoms with E-state index in [1.165, 1.54) is 19.3 Å². The minimum atomic E-state index is 0.435. The van der Waals surface area contributed by atoms with E-state index in [-0.39, 0.29) is 0 Å². The van der Waals surface area contributed by atoms with Gasteiger partial charge in [-0.3, -0.25) is 0 Å². The molecule has 0 amide bonds. The Balaban J connectivity index is 1.44. The van der Waals surface area contributed by atoms with Crippen LogP contribution >= 0.6 is 0 Å². The zero-order chi connectivity index (χ0) is 11.9. The van der Waals surface area contributed by atoms with E-state index >= 15 is 0 Å². The van der Waals surface area contributed by atoms with Crippen molar-refractivity contribution in [3.05, 3.63) is 17.8 Å². The van der Waals surface area contributed by atoms with Crippen LogP contribution in [0.15, 0.2) is 10.6 Å². The van der Waals surface area contributed by atoms with E-state index in [9.17, 15) is 0 Å². The zero-order valence-electron chi connectivity index (χ0n) is 10.8. The lowest BCUT2D eigenvalue weighted by Gasteiger charge is -2.00. The smallest absolute Gasteiger partial charge is 0.194 e. The molecule has 1 N–H and O–H groups in total. The first-order chi connectivity index (χ1) is 8.15. The van der Waals surface area contributed by atoms with Crippen molar-refractivity contribution in [3.63, 3.8) is 0 Å². The summed E-state index contributed by atoms with van der Waals surface area (Å²) in [5, 5.41) is 3.51. The normalized spacial score (nSPS) is 26.1. The predicted octanol–water partition coefficient (Wildman–Crippen LogP) is 2.87. The van der Waals surface area contributed by atoms with Crippen LogP contribution in [0, 0.1) is 5.41 Å². The largest absolute Gasteiger partial charge is 0.445 e. The molecule has 0 radical (unpaired) electrons. The summed E-state index contributed by atoms with van der Waals surface area (Å²) in [6.07, 6.45) is 7.99. The lowest BCUT2D eigenvalue weighted by atomic mass is 10.1. The zero-order valence-corrected chi connectivity index (χ0v) is 10.8. The van der Waals surface area contributed by atoms with E-state index in [1.54, 1.807) is 0 Å². The van der Waals surface area contributed by atoms with Gasteiger partial charge in [-0.15, -0.1) is 0 Å². The van der Waals surface area contributed by atoms with Crippen LogP contribution < -0.4 is 5.32 Å². The number of hydrogen-bond donors (Lipinski definition) is 1. The molecule has 0 aliphatic heterocycles. The number of nitrogens with zero attached hydrogens (tertiary/aromatic N) is 1. The lowest BCUT2D eigenvalue weighted by Crippen LogP contribution is -2.17. The summed E-state index contributed by atoms with van der Waals surface area (Å²) in [5.41, 5.74) is 0.435. The van der Waals surface area contributed by atoms with Gasteiger partial charge in [-0.2, -0.15) is 0 Å². The fourth-order valence-electron chi connectivity index (χ4n) is 2.39. The fourth-order valence-corrected chi connectivity index (χ4v) is 2.39. The highest BCUT2D eigenvalue weighted by Crippen LogP contribution is 2.58. The van der Waals surface area contributed by atoms with Gasteiger partial charge in [-0.25, -0.2) is 4.98 Å². The van der Waals surface area contributed by atoms with Crippen molar-refractivity contribution < 1.29 is 4.42 Å². The van der Waals surface area contributed by atoms with Crippen molar-refractivity contribution in [3.8, 4) is 0 Å². The maximum Gasteiger partial charge on any atom is 0.194 e. The van der Waals surface area contributed by atoms with Crippen LogP contribution in [0.2, 0.25) is 0 Å². The third-order valence-electron chi connectivity index (χ3n) is 4.01. The molecule has 1 unspecified atom stereocenters. The minimum Gasteiger partial charge on any atom is -0.445 e. The molecule has 2 aliphatic carbocycles. The third kappa shape index (κ3) is 2.71. The van der Waals surface area contributed by atoms with Crippen LogP contribution in [-0.4, -0.2) is 17.6 Å². The average molecular weight is 234 g/mol. The molecule has 17 heavy (non-hydrogen) atoms. The molecule has 2 aliphatic rings. The third-order valence-corrected chi connectivity index (χ3v) is 4.01. The van der Waals surface area contributed by atoms with Gasteiger partial charge in [0.2, 0.25) is 0 Å². The van der Waals surface area contributed by atoms with Crippen molar-refractivity contribution >= 4 is 0 Å². The van der Waals surface area contributed by atoms with Gasteiger partial charge in [-0.1, -0.05) is 13.8 Å². The van der Waals surface area contributed by atoms with Crippen molar-refractivity contribution in [1.29, 1.82) is 0 Å². The molecule has 0 saturated heterocycles. The number of nitrogens with one attached hydrogen (secondary N) is 1. The summed E-state index contributed by atoms with van der Waals surface area (Å²) in [7, 11) is 0. The number of hydrogen-bond acceptors (Lipinski definition) is 3. The second-order valence-corrected chi connectivity index (χ2v) is 6.23. The average Bonchev–Trinajstić information content (AvgIpc) is 3.15. The van der Waals surface area contributed by atoms with Crippen molar-refractivity contribution in [2.75, 3.05) is 6.54 Å². The van der Waals surface area contributed by atoms with Crippen molar-refractivity contribution in [2.45, 2.75) is 57.9 Å². The molecule has 1 heterocycles. The SMILES string of the molecule is CC1(C)CC1c1cnc(CCCNC2CC2)o1. The van der Waals surface area contributed by atoms with E-state index in [0.717, 1.165) is 37.1 Å². The molecule has 2 saturated carbocycles. The van der Waals surface area contributed by atoms with Gasteiger partial charge >= 0.3 is 0 Å². The van der Waals surface area contributed by atoms with Gasteiger partial charge in [-0.05, 0) is 37.6 Å². The minimum absolute atomic E-state index is 0.435. The van der Waals surface area contributed by atoms with Crippen LogP contribution in [0.1, 0.15) is 57.1 Å². The first-order valence-corrected chi connectivity index (χ1v) is 6.83. The van der Waals surface area contributed by atoms with Crippen LogP contribution in [0.4, 0.5) is 0 Å². The molecule has 0 spiro atoms. The van der Waals surface area contributed by atoms with Crippen LogP contribution in [0.3, 0.4) is 0 Å². The van der Waals surface area contributed by atoms with E-state index in [2.05, 4.69) is 24.1 Å². The predicted molar refractivity (Wildman–Crippen MR) is 67.0 cm³/mol. The molecule has 94 valence electrons. The molecule has 3 rings (SSSR count). The standard InChI is InChI=1S/C14H22N2O/c1-14(2)8-11(14)12-9-16-13(17-12)4-3-7-15-10-5-6-10/h9-11,15H,3-8H2,1-2H3. The highest BCUT2D eigenvalue weighted by molar-refractivity contribution is 5.17. The Hall–Kier alpha value is -0.830. The molecule has 1 aromatic rings. The van der Waals surface area contributed by atoms with E-state index in [4.69, 9.17) is 4.42 Å². The van der Waals surface area contributed by atoms with Crippen LogP contribution in [0.25, 0.3) is 0 Å². The van der Waals surface area contributed by atoms with E-state index in [1.807, 2.05) is 6.20 Å². The quantitative estimate of drug-likeness (QED) is 0.769. The molecule has 0 aromatic carbocycles. The number of rotatable bonds is 6. The summed E-state index contributed by atoms with van der Waals surface area (Å²) in [6.45, 7) is 5.68. The maximum atomic E-state index is 5.83. The monoisotopic (exact) mass is 234 g/mol. The molecular weight excluding hydrogens is 212 g/mol. The summed E-state index contributed by atoms with van der Waals surface area (Å²) < 4.78 is 5.83. The number of aromatic nitrogens is 1. The summed E-state index contributed by atoms with van der Waals surface area (Å²) >= 11 is 0. The molecule has 1 aromatic heterocycles. The van der Waals surface area contributed by atoms with Crippen molar-refractivity contribution in [1.82, 2.24) is 10.3 Å². The Bertz CT molecular complexity index is 393.